The molecule has 1 aliphatic heterocycles. The number of pyridine rings is 1. The highest BCUT2D eigenvalue weighted by Crippen LogP contribution is 2.36. The summed E-state index contributed by atoms with van der Waals surface area (Å²) in [6.45, 7) is 6.43. The molecule has 26 heavy (non-hydrogen) atoms. The van der Waals surface area contributed by atoms with Crippen LogP contribution in [0.25, 0.3) is 22.2 Å². The van der Waals surface area contributed by atoms with Crippen molar-refractivity contribution in [3.05, 3.63) is 35.1 Å². The van der Waals surface area contributed by atoms with Gasteiger partial charge in [0, 0.05) is 42.3 Å². The fourth-order valence-corrected chi connectivity index (χ4v) is 3.98. The van der Waals surface area contributed by atoms with E-state index in [1.807, 2.05) is 18.5 Å². The molecule has 0 spiro atoms. The van der Waals surface area contributed by atoms with Crippen molar-refractivity contribution in [2.24, 2.45) is 0 Å². The molecule has 0 aromatic carbocycles. The van der Waals surface area contributed by atoms with Gasteiger partial charge in [0.15, 0.2) is 5.82 Å². The van der Waals surface area contributed by atoms with Gasteiger partial charge in [-0.05, 0) is 42.3 Å². The van der Waals surface area contributed by atoms with Gasteiger partial charge in [-0.15, -0.1) is 0 Å². The van der Waals surface area contributed by atoms with E-state index in [4.69, 9.17) is 5.73 Å². The van der Waals surface area contributed by atoms with Gasteiger partial charge in [-0.2, -0.15) is 0 Å². The van der Waals surface area contributed by atoms with E-state index in [-0.39, 0.29) is 11.6 Å². The number of aromatic nitrogens is 4. The molecule has 8 heteroatoms. The molecule has 4 rings (SSSR count). The molecule has 1 fully saturated rings. The van der Waals surface area contributed by atoms with Crippen molar-refractivity contribution in [1.82, 2.24) is 24.4 Å². The van der Waals surface area contributed by atoms with Crippen molar-refractivity contribution < 1.29 is 4.39 Å². The van der Waals surface area contributed by atoms with Gasteiger partial charge in [0.05, 0.1) is 17.9 Å². The second-order valence-electron chi connectivity index (χ2n) is 6.93. The lowest BCUT2D eigenvalue weighted by Gasteiger charge is -2.21. The van der Waals surface area contributed by atoms with Gasteiger partial charge in [0.1, 0.15) is 10.3 Å². The van der Waals surface area contributed by atoms with E-state index in [1.54, 1.807) is 0 Å². The smallest absolute Gasteiger partial charge is 0.220 e. The number of hydrogen-bond acceptors (Lipinski definition) is 5. The van der Waals surface area contributed by atoms with Crippen LogP contribution in [0.15, 0.2) is 29.3 Å². The quantitative estimate of drug-likeness (QED) is 0.657. The Morgan fingerprint density at radius 2 is 2.12 bits per heavy atom. The first-order valence-electron chi connectivity index (χ1n) is 8.62. The van der Waals surface area contributed by atoms with Crippen LogP contribution in [0.1, 0.15) is 26.3 Å². The van der Waals surface area contributed by atoms with E-state index in [2.05, 4.69) is 54.2 Å². The zero-order valence-corrected chi connectivity index (χ0v) is 16.2. The van der Waals surface area contributed by atoms with Gasteiger partial charge in [0.25, 0.3) is 0 Å². The Bertz CT molecular complexity index is 970. The Labute approximate surface area is 159 Å². The maximum atomic E-state index is 14.4. The summed E-state index contributed by atoms with van der Waals surface area (Å²) >= 11 is 3.41. The molecule has 6 nitrogen and oxygen atoms in total. The van der Waals surface area contributed by atoms with Crippen LogP contribution in [0.4, 0.5) is 10.3 Å². The van der Waals surface area contributed by atoms with E-state index in [9.17, 15) is 4.39 Å². The Morgan fingerprint density at radius 3 is 2.85 bits per heavy atom. The molecule has 2 N–H and O–H groups in total. The number of hydrogen-bond donors (Lipinski definition) is 1. The summed E-state index contributed by atoms with van der Waals surface area (Å²) in [6, 6.07) is 2.72. The average molecular weight is 419 g/mol. The Morgan fingerprint density at radius 1 is 1.31 bits per heavy atom. The third-order valence-corrected chi connectivity index (χ3v) is 5.46. The fraction of sp³-hybridized carbons (Fsp3) is 0.389. The van der Waals surface area contributed by atoms with Gasteiger partial charge in [-0.3, -0.25) is 4.90 Å². The van der Waals surface area contributed by atoms with E-state index < -0.39 is 5.82 Å². The number of fused-ring (bicyclic) bond motifs is 1. The van der Waals surface area contributed by atoms with Gasteiger partial charge in [0.2, 0.25) is 5.95 Å². The Balaban J connectivity index is 1.87. The number of rotatable bonds is 3. The number of nitrogen functional groups attached to an aromatic ring is 1. The average Bonchev–Trinajstić information content (AvgIpc) is 3.21. The van der Waals surface area contributed by atoms with E-state index >= 15 is 0 Å². The highest BCUT2D eigenvalue weighted by atomic mass is 79.9. The Kier molecular flexibility index (Phi) is 4.40. The van der Waals surface area contributed by atoms with Crippen molar-refractivity contribution in [2.45, 2.75) is 32.4 Å². The second kappa shape index (κ2) is 6.59. The third-order valence-electron chi connectivity index (χ3n) is 5.02. The highest BCUT2D eigenvalue weighted by Gasteiger charge is 2.28. The minimum absolute atomic E-state index is 0.0577. The summed E-state index contributed by atoms with van der Waals surface area (Å²) < 4.78 is 17.3. The summed E-state index contributed by atoms with van der Waals surface area (Å²) in [5, 5.41) is 0.895. The summed E-state index contributed by atoms with van der Waals surface area (Å²) in [5.41, 5.74) is 7.59. The van der Waals surface area contributed by atoms with Crippen LogP contribution in [-0.4, -0.2) is 43.6 Å². The topological polar surface area (TPSA) is 72.9 Å². The molecular weight excluding hydrogens is 399 g/mol. The first-order valence-corrected chi connectivity index (χ1v) is 9.42. The van der Waals surface area contributed by atoms with E-state index in [0.29, 0.717) is 22.3 Å². The first-order chi connectivity index (χ1) is 12.4. The van der Waals surface area contributed by atoms with Crippen LogP contribution in [0.5, 0.6) is 0 Å². The largest absolute Gasteiger partial charge is 0.368 e. The SMILES string of the molecule is CC(C)N1CCC(n2cc(-c3nc(N)ncc3F)c3cc(Br)ncc32)C1. The Hall–Kier alpha value is -2.06. The maximum absolute atomic E-state index is 14.4. The van der Waals surface area contributed by atoms with Crippen LogP contribution in [0.2, 0.25) is 0 Å². The van der Waals surface area contributed by atoms with Gasteiger partial charge < -0.3 is 10.3 Å². The van der Waals surface area contributed by atoms with Crippen LogP contribution in [0.3, 0.4) is 0 Å². The summed E-state index contributed by atoms with van der Waals surface area (Å²) in [5.74, 6) is -0.427. The standard InChI is InChI=1S/C18H20BrFN6/c1-10(2)25-4-3-11(8-25)26-9-13(12-5-16(19)22-7-15(12)26)17-14(20)6-23-18(21)24-17/h5-7,9-11H,3-4,8H2,1-2H3,(H2,21,23,24). The normalized spacial score (nSPS) is 18.3. The summed E-state index contributed by atoms with van der Waals surface area (Å²) in [4.78, 5) is 14.7. The van der Waals surface area contributed by atoms with Crippen molar-refractivity contribution in [3.8, 4) is 11.3 Å². The monoisotopic (exact) mass is 418 g/mol. The minimum Gasteiger partial charge on any atom is -0.368 e. The number of nitrogens with zero attached hydrogens (tertiary/aromatic N) is 5. The second-order valence-corrected chi connectivity index (χ2v) is 7.74. The molecular formula is C18H20BrFN6. The van der Waals surface area contributed by atoms with Crippen molar-refractivity contribution in [1.29, 1.82) is 0 Å². The molecule has 3 aromatic heterocycles. The molecule has 0 saturated carbocycles. The fourth-order valence-electron chi connectivity index (χ4n) is 3.65. The van der Waals surface area contributed by atoms with Crippen molar-refractivity contribution >= 4 is 32.8 Å². The number of likely N-dealkylation sites (tertiary alicyclic amines) is 1. The van der Waals surface area contributed by atoms with Gasteiger partial charge in [-0.1, -0.05) is 0 Å². The van der Waals surface area contributed by atoms with Gasteiger partial charge >= 0.3 is 0 Å². The molecule has 1 aliphatic rings. The maximum Gasteiger partial charge on any atom is 0.220 e. The zero-order valence-electron chi connectivity index (χ0n) is 14.7. The molecule has 3 aromatic rings. The molecule has 0 bridgehead atoms. The predicted octanol–water partition coefficient (Wildman–Crippen LogP) is 3.63. The highest BCUT2D eigenvalue weighted by molar-refractivity contribution is 9.10. The molecule has 0 amide bonds. The summed E-state index contributed by atoms with van der Waals surface area (Å²) in [6.07, 6.45) is 5.96. The lowest BCUT2D eigenvalue weighted by Crippen LogP contribution is -2.28. The van der Waals surface area contributed by atoms with Crippen molar-refractivity contribution in [2.75, 3.05) is 18.8 Å². The number of halogens is 2. The third kappa shape index (κ3) is 2.97. The van der Waals surface area contributed by atoms with E-state index in [1.165, 1.54) is 0 Å². The van der Waals surface area contributed by atoms with Crippen LogP contribution in [-0.2, 0) is 0 Å². The molecule has 0 radical (unpaired) electrons. The lowest BCUT2D eigenvalue weighted by atomic mass is 10.1. The van der Waals surface area contributed by atoms with Crippen molar-refractivity contribution in [3.63, 3.8) is 0 Å². The summed E-state index contributed by atoms with van der Waals surface area (Å²) in [7, 11) is 0. The van der Waals surface area contributed by atoms with Crippen LogP contribution >= 0.6 is 15.9 Å². The van der Waals surface area contributed by atoms with Crippen LogP contribution < -0.4 is 5.73 Å². The van der Waals surface area contributed by atoms with Gasteiger partial charge in [-0.25, -0.2) is 19.3 Å². The molecule has 1 saturated heterocycles. The first kappa shape index (κ1) is 17.4. The number of anilines is 1. The lowest BCUT2D eigenvalue weighted by molar-refractivity contribution is 0.266. The molecule has 1 atom stereocenters. The zero-order chi connectivity index (χ0) is 18.4. The van der Waals surface area contributed by atoms with E-state index in [0.717, 1.165) is 36.6 Å². The minimum atomic E-state index is -0.485. The molecule has 1 unspecified atom stereocenters. The predicted molar refractivity (Wildman–Crippen MR) is 103 cm³/mol. The molecule has 136 valence electrons. The number of nitrogens with two attached hydrogens (primary N) is 1. The van der Waals surface area contributed by atoms with Crippen LogP contribution in [0, 0.1) is 5.82 Å². The molecule has 4 heterocycles. The molecule has 0 aliphatic carbocycles.